The maximum Gasteiger partial charge on any atom is 0.272 e. The Balaban J connectivity index is 1.92. The van der Waals surface area contributed by atoms with Crippen LogP contribution in [0, 0.1) is 5.82 Å². The molecule has 2 aromatic heterocycles. The molecule has 0 N–H and O–H groups in total. The first-order valence-corrected chi connectivity index (χ1v) is 7.16. The molecule has 1 amide bonds. The summed E-state index contributed by atoms with van der Waals surface area (Å²) in [6.45, 7) is 1.86. The van der Waals surface area contributed by atoms with E-state index in [9.17, 15) is 9.18 Å². The lowest BCUT2D eigenvalue weighted by atomic mass is 10.1. The highest BCUT2D eigenvalue weighted by Crippen LogP contribution is 2.20. The standard InChI is InChI=1S/C17H15FN4O/c1-11(14-8-9-19-10-20-14)22(2)17(23)15-7-6-12-4-3-5-13(18)16(12)21-15/h3-11H,1-2H3/t11-/m1/s1. The minimum atomic E-state index is -0.441. The zero-order valence-corrected chi connectivity index (χ0v) is 12.8. The fourth-order valence-corrected chi connectivity index (χ4v) is 2.33. The van der Waals surface area contributed by atoms with E-state index in [-0.39, 0.29) is 23.2 Å². The number of carbonyl (C=O) groups excluding carboxylic acids is 1. The van der Waals surface area contributed by atoms with E-state index in [1.165, 1.54) is 17.3 Å². The second-order valence-corrected chi connectivity index (χ2v) is 5.23. The van der Waals surface area contributed by atoms with E-state index in [2.05, 4.69) is 15.0 Å². The van der Waals surface area contributed by atoms with Crippen molar-refractivity contribution in [2.24, 2.45) is 0 Å². The van der Waals surface area contributed by atoms with E-state index in [1.54, 1.807) is 43.6 Å². The molecule has 0 fully saturated rings. The van der Waals surface area contributed by atoms with Crippen molar-refractivity contribution in [3.8, 4) is 0 Å². The molecule has 23 heavy (non-hydrogen) atoms. The van der Waals surface area contributed by atoms with Crippen molar-refractivity contribution in [3.63, 3.8) is 0 Å². The Morgan fingerprint density at radius 2 is 2.04 bits per heavy atom. The normalized spacial score (nSPS) is 12.1. The summed E-state index contributed by atoms with van der Waals surface area (Å²) in [5.74, 6) is -0.732. The Kier molecular flexibility index (Phi) is 3.97. The number of rotatable bonds is 3. The summed E-state index contributed by atoms with van der Waals surface area (Å²) in [4.78, 5) is 26.3. The van der Waals surface area contributed by atoms with Crippen LogP contribution < -0.4 is 0 Å². The molecule has 3 rings (SSSR count). The van der Waals surface area contributed by atoms with Gasteiger partial charge in [0.1, 0.15) is 23.4 Å². The van der Waals surface area contributed by atoms with Crippen LogP contribution in [0.1, 0.15) is 29.1 Å². The lowest BCUT2D eigenvalue weighted by molar-refractivity contribution is 0.0734. The molecule has 1 atom stereocenters. The largest absolute Gasteiger partial charge is 0.332 e. The average Bonchev–Trinajstić information content (AvgIpc) is 2.60. The van der Waals surface area contributed by atoms with Gasteiger partial charge in [0.15, 0.2) is 0 Å². The van der Waals surface area contributed by atoms with Gasteiger partial charge in [-0.25, -0.2) is 19.3 Å². The minimum Gasteiger partial charge on any atom is -0.332 e. The molecule has 116 valence electrons. The summed E-state index contributed by atoms with van der Waals surface area (Å²) in [7, 11) is 1.67. The van der Waals surface area contributed by atoms with Gasteiger partial charge in [-0.3, -0.25) is 4.79 Å². The van der Waals surface area contributed by atoms with E-state index in [0.29, 0.717) is 5.39 Å². The molecule has 2 heterocycles. The zero-order valence-electron chi connectivity index (χ0n) is 12.8. The molecule has 3 aromatic rings. The van der Waals surface area contributed by atoms with Gasteiger partial charge in [-0.05, 0) is 25.1 Å². The molecule has 0 saturated heterocycles. The maximum atomic E-state index is 13.8. The van der Waals surface area contributed by atoms with Crippen LogP contribution in [0.5, 0.6) is 0 Å². The van der Waals surface area contributed by atoms with Crippen LogP contribution in [0.4, 0.5) is 4.39 Å². The number of hydrogen-bond acceptors (Lipinski definition) is 4. The number of fused-ring (bicyclic) bond motifs is 1. The number of benzene rings is 1. The summed E-state index contributed by atoms with van der Waals surface area (Å²) >= 11 is 0. The SMILES string of the molecule is C[C@H](c1ccncn1)N(C)C(=O)c1ccc2cccc(F)c2n1. The van der Waals surface area contributed by atoms with Gasteiger partial charge < -0.3 is 4.90 Å². The van der Waals surface area contributed by atoms with Crippen molar-refractivity contribution in [2.45, 2.75) is 13.0 Å². The average molecular weight is 310 g/mol. The van der Waals surface area contributed by atoms with Gasteiger partial charge in [-0.15, -0.1) is 0 Å². The summed E-state index contributed by atoms with van der Waals surface area (Å²) in [6, 6.07) is 9.51. The van der Waals surface area contributed by atoms with Crippen molar-refractivity contribution >= 4 is 16.8 Å². The Bertz CT molecular complexity index is 854. The predicted octanol–water partition coefficient (Wildman–Crippen LogP) is 3.00. The van der Waals surface area contributed by atoms with E-state index >= 15 is 0 Å². The fraction of sp³-hybridized carbons (Fsp3) is 0.176. The lowest BCUT2D eigenvalue weighted by Gasteiger charge is -2.24. The highest BCUT2D eigenvalue weighted by atomic mass is 19.1. The van der Waals surface area contributed by atoms with Gasteiger partial charge >= 0.3 is 0 Å². The van der Waals surface area contributed by atoms with Crippen molar-refractivity contribution < 1.29 is 9.18 Å². The van der Waals surface area contributed by atoms with Crippen LogP contribution in [0.3, 0.4) is 0 Å². The summed E-state index contributed by atoms with van der Waals surface area (Å²) in [5, 5.41) is 0.660. The maximum absolute atomic E-state index is 13.8. The van der Waals surface area contributed by atoms with Gasteiger partial charge in [0, 0.05) is 18.6 Å². The molecule has 6 heteroatoms. The Morgan fingerprint density at radius 3 is 2.78 bits per heavy atom. The number of hydrogen-bond donors (Lipinski definition) is 0. The molecule has 5 nitrogen and oxygen atoms in total. The van der Waals surface area contributed by atoms with Crippen LogP contribution in [0.25, 0.3) is 10.9 Å². The molecule has 0 aliphatic rings. The molecule has 0 spiro atoms. The van der Waals surface area contributed by atoms with Crippen LogP contribution in [0.2, 0.25) is 0 Å². The topological polar surface area (TPSA) is 59.0 Å². The molecular weight excluding hydrogens is 295 g/mol. The lowest BCUT2D eigenvalue weighted by Crippen LogP contribution is -2.30. The Morgan fingerprint density at radius 1 is 1.22 bits per heavy atom. The summed E-state index contributed by atoms with van der Waals surface area (Å²) in [5.41, 5.74) is 1.12. The number of carbonyl (C=O) groups is 1. The number of nitrogens with zero attached hydrogens (tertiary/aromatic N) is 4. The van der Waals surface area contributed by atoms with Crippen LogP contribution in [-0.2, 0) is 0 Å². The summed E-state index contributed by atoms with van der Waals surface area (Å²) in [6.07, 6.45) is 3.06. The van der Waals surface area contributed by atoms with Crippen molar-refractivity contribution in [1.82, 2.24) is 19.9 Å². The molecular formula is C17H15FN4O. The first-order chi connectivity index (χ1) is 11.1. The molecule has 0 bridgehead atoms. The first-order valence-electron chi connectivity index (χ1n) is 7.16. The number of amides is 1. The second kappa shape index (κ2) is 6.08. The van der Waals surface area contributed by atoms with Crippen molar-refractivity contribution in [1.29, 1.82) is 0 Å². The van der Waals surface area contributed by atoms with Gasteiger partial charge in [-0.2, -0.15) is 0 Å². The number of aromatic nitrogens is 3. The second-order valence-electron chi connectivity index (χ2n) is 5.23. The smallest absolute Gasteiger partial charge is 0.272 e. The fourth-order valence-electron chi connectivity index (χ4n) is 2.33. The molecule has 0 aliphatic carbocycles. The van der Waals surface area contributed by atoms with Crippen molar-refractivity contribution in [2.75, 3.05) is 7.05 Å². The Hall–Kier alpha value is -2.89. The summed E-state index contributed by atoms with van der Waals surface area (Å²) < 4.78 is 13.8. The zero-order chi connectivity index (χ0) is 16.4. The van der Waals surface area contributed by atoms with E-state index < -0.39 is 5.82 Å². The van der Waals surface area contributed by atoms with Gasteiger partial charge in [0.05, 0.1) is 11.7 Å². The van der Waals surface area contributed by atoms with E-state index in [0.717, 1.165) is 5.69 Å². The minimum absolute atomic E-state index is 0.196. The van der Waals surface area contributed by atoms with Gasteiger partial charge in [0.2, 0.25) is 0 Å². The molecule has 0 radical (unpaired) electrons. The third-order valence-corrected chi connectivity index (χ3v) is 3.82. The number of para-hydroxylation sites is 1. The molecule has 0 aliphatic heterocycles. The highest BCUT2D eigenvalue weighted by molar-refractivity contribution is 5.95. The van der Waals surface area contributed by atoms with E-state index in [4.69, 9.17) is 0 Å². The molecule has 1 aromatic carbocycles. The Labute approximate surface area is 132 Å². The highest BCUT2D eigenvalue weighted by Gasteiger charge is 2.21. The molecule has 0 unspecified atom stereocenters. The molecule has 0 saturated carbocycles. The predicted molar refractivity (Wildman–Crippen MR) is 84.2 cm³/mol. The van der Waals surface area contributed by atoms with Crippen LogP contribution in [-0.4, -0.2) is 32.8 Å². The van der Waals surface area contributed by atoms with Gasteiger partial charge in [0.25, 0.3) is 5.91 Å². The third kappa shape index (κ3) is 2.88. The third-order valence-electron chi connectivity index (χ3n) is 3.82. The van der Waals surface area contributed by atoms with Crippen molar-refractivity contribution in [3.05, 3.63) is 66.1 Å². The quantitative estimate of drug-likeness (QED) is 0.746. The van der Waals surface area contributed by atoms with E-state index in [1.807, 2.05) is 6.92 Å². The number of halogens is 1. The van der Waals surface area contributed by atoms with Gasteiger partial charge in [-0.1, -0.05) is 18.2 Å². The van der Waals surface area contributed by atoms with Crippen LogP contribution >= 0.6 is 0 Å². The first kappa shape index (κ1) is 15.0. The number of pyridine rings is 1. The monoisotopic (exact) mass is 310 g/mol. The van der Waals surface area contributed by atoms with Crippen LogP contribution in [0.15, 0.2) is 48.9 Å².